The lowest BCUT2D eigenvalue weighted by Gasteiger charge is -2.27. The van der Waals surface area contributed by atoms with Crippen LogP contribution in [-0.4, -0.2) is 5.78 Å². The van der Waals surface area contributed by atoms with Crippen LogP contribution >= 0.6 is 15.9 Å². The highest BCUT2D eigenvalue weighted by atomic mass is 79.9. The summed E-state index contributed by atoms with van der Waals surface area (Å²) >= 11 is 3.46. The Hall–Kier alpha value is -0.630. The Morgan fingerprint density at radius 3 is 2.94 bits per heavy atom. The van der Waals surface area contributed by atoms with Crippen molar-refractivity contribution in [2.24, 2.45) is 11.8 Å². The van der Waals surface area contributed by atoms with Crippen LogP contribution in [0.25, 0.3) is 0 Å². The topological polar surface area (TPSA) is 17.1 Å². The highest BCUT2D eigenvalue weighted by molar-refractivity contribution is 9.10. The molecule has 0 radical (unpaired) electrons. The second-order valence-corrected chi connectivity index (χ2v) is 6.33. The van der Waals surface area contributed by atoms with E-state index in [0.717, 1.165) is 28.8 Å². The second kappa shape index (κ2) is 6.51. The smallest absolute Gasteiger partial charge is 0.140 e. The first-order valence-electron chi connectivity index (χ1n) is 6.96. The van der Waals surface area contributed by atoms with Gasteiger partial charge in [0.05, 0.1) is 0 Å². The molecule has 1 aromatic carbocycles. The predicted molar refractivity (Wildman–Crippen MR) is 78.6 cm³/mol. The predicted octanol–water partition coefficient (Wildman–Crippen LogP) is 4.78. The summed E-state index contributed by atoms with van der Waals surface area (Å²) in [4.78, 5) is 12.3. The largest absolute Gasteiger partial charge is 0.299 e. The van der Waals surface area contributed by atoms with E-state index in [9.17, 15) is 4.79 Å². The standard InChI is InChI=1S/C16H21BrO/c1-2-12-5-3-7-14(9-12)16(18)11-13-6-4-8-15(17)10-13/h4,6,8,10,12,14H,2-3,5,7,9,11H2,1H3. The van der Waals surface area contributed by atoms with Gasteiger partial charge in [-0.25, -0.2) is 0 Å². The number of halogens is 1. The van der Waals surface area contributed by atoms with E-state index in [0.29, 0.717) is 18.1 Å². The summed E-state index contributed by atoms with van der Waals surface area (Å²) in [7, 11) is 0. The van der Waals surface area contributed by atoms with Crippen molar-refractivity contribution in [2.75, 3.05) is 0 Å². The Kier molecular flexibility index (Phi) is 4.99. The van der Waals surface area contributed by atoms with Crippen molar-refractivity contribution < 1.29 is 4.79 Å². The van der Waals surface area contributed by atoms with Gasteiger partial charge in [-0.3, -0.25) is 4.79 Å². The molecule has 0 amide bonds. The Balaban J connectivity index is 1.95. The number of hydrogen-bond acceptors (Lipinski definition) is 1. The van der Waals surface area contributed by atoms with E-state index in [1.165, 1.54) is 19.3 Å². The summed E-state index contributed by atoms with van der Waals surface area (Å²) in [6.45, 7) is 2.24. The molecule has 2 unspecified atom stereocenters. The third-order valence-corrected chi connectivity index (χ3v) is 4.58. The summed E-state index contributed by atoms with van der Waals surface area (Å²) in [5, 5.41) is 0. The maximum Gasteiger partial charge on any atom is 0.140 e. The van der Waals surface area contributed by atoms with Crippen LogP contribution in [0, 0.1) is 11.8 Å². The van der Waals surface area contributed by atoms with E-state index in [4.69, 9.17) is 0 Å². The van der Waals surface area contributed by atoms with Gasteiger partial charge in [-0.15, -0.1) is 0 Å². The molecule has 1 nitrogen and oxygen atoms in total. The lowest BCUT2D eigenvalue weighted by molar-refractivity contribution is -0.123. The van der Waals surface area contributed by atoms with Crippen molar-refractivity contribution in [3.63, 3.8) is 0 Å². The zero-order valence-electron chi connectivity index (χ0n) is 11.0. The summed E-state index contributed by atoms with van der Waals surface area (Å²) in [5.41, 5.74) is 1.13. The maximum absolute atomic E-state index is 12.3. The summed E-state index contributed by atoms with van der Waals surface area (Å²) < 4.78 is 1.06. The maximum atomic E-state index is 12.3. The summed E-state index contributed by atoms with van der Waals surface area (Å²) in [6, 6.07) is 8.10. The first-order valence-corrected chi connectivity index (χ1v) is 7.75. The fourth-order valence-electron chi connectivity index (χ4n) is 2.95. The lowest BCUT2D eigenvalue weighted by Crippen LogP contribution is -2.24. The zero-order valence-corrected chi connectivity index (χ0v) is 12.6. The number of carbonyl (C=O) groups is 1. The quantitative estimate of drug-likeness (QED) is 0.782. The molecule has 1 aromatic rings. The second-order valence-electron chi connectivity index (χ2n) is 5.41. The van der Waals surface area contributed by atoms with Gasteiger partial charge in [-0.05, 0) is 36.5 Å². The van der Waals surface area contributed by atoms with Gasteiger partial charge in [-0.2, -0.15) is 0 Å². The molecule has 2 rings (SSSR count). The highest BCUT2D eigenvalue weighted by Gasteiger charge is 2.26. The molecule has 18 heavy (non-hydrogen) atoms. The highest BCUT2D eigenvalue weighted by Crippen LogP contribution is 2.32. The molecule has 1 aliphatic carbocycles. The third kappa shape index (κ3) is 3.68. The molecular weight excluding hydrogens is 288 g/mol. The molecule has 2 atom stereocenters. The number of rotatable bonds is 4. The van der Waals surface area contributed by atoms with Crippen LogP contribution in [0.1, 0.15) is 44.6 Å². The third-order valence-electron chi connectivity index (χ3n) is 4.08. The fourth-order valence-corrected chi connectivity index (χ4v) is 3.39. The van der Waals surface area contributed by atoms with Crippen LogP contribution < -0.4 is 0 Å². The fraction of sp³-hybridized carbons (Fsp3) is 0.562. The molecule has 0 aliphatic heterocycles. The minimum atomic E-state index is 0.308. The van der Waals surface area contributed by atoms with Crippen LogP contribution in [-0.2, 0) is 11.2 Å². The average molecular weight is 309 g/mol. The van der Waals surface area contributed by atoms with Gasteiger partial charge in [0.15, 0.2) is 0 Å². The van der Waals surface area contributed by atoms with Gasteiger partial charge >= 0.3 is 0 Å². The van der Waals surface area contributed by atoms with Crippen LogP contribution in [0.3, 0.4) is 0 Å². The Morgan fingerprint density at radius 2 is 2.22 bits per heavy atom. The van der Waals surface area contributed by atoms with Gasteiger partial charge in [0, 0.05) is 16.8 Å². The molecule has 0 saturated heterocycles. The van der Waals surface area contributed by atoms with E-state index in [1.54, 1.807) is 0 Å². The molecule has 0 heterocycles. The van der Waals surface area contributed by atoms with Crippen LogP contribution in [0.4, 0.5) is 0 Å². The first kappa shape index (κ1) is 13.8. The van der Waals surface area contributed by atoms with Gasteiger partial charge in [-0.1, -0.05) is 54.2 Å². The SMILES string of the molecule is CCC1CCCC(C(=O)Cc2cccc(Br)c2)C1. The van der Waals surface area contributed by atoms with E-state index in [2.05, 4.69) is 28.9 Å². The molecule has 1 aliphatic rings. The number of Topliss-reactive ketones (excluding diaryl/α,β-unsaturated/α-hetero) is 1. The minimum absolute atomic E-state index is 0.308. The molecule has 0 aromatic heterocycles. The van der Waals surface area contributed by atoms with Gasteiger partial charge < -0.3 is 0 Å². The number of ketones is 1. The summed E-state index contributed by atoms with van der Waals surface area (Å²) in [5.74, 6) is 1.52. The van der Waals surface area contributed by atoms with Gasteiger partial charge in [0.2, 0.25) is 0 Å². The normalized spacial score (nSPS) is 23.9. The van der Waals surface area contributed by atoms with Crippen LogP contribution in [0.2, 0.25) is 0 Å². The lowest BCUT2D eigenvalue weighted by atomic mass is 9.77. The summed E-state index contributed by atoms with van der Waals surface area (Å²) in [6.07, 6.45) is 6.58. The minimum Gasteiger partial charge on any atom is -0.299 e. The Bertz CT molecular complexity index is 413. The number of benzene rings is 1. The molecule has 98 valence electrons. The Morgan fingerprint density at radius 1 is 1.39 bits per heavy atom. The van der Waals surface area contributed by atoms with Crippen molar-refractivity contribution in [3.05, 3.63) is 34.3 Å². The van der Waals surface area contributed by atoms with Crippen LogP contribution in [0.5, 0.6) is 0 Å². The molecule has 1 fully saturated rings. The van der Waals surface area contributed by atoms with Crippen molar-refractivity contribution in [2.45, 2.75) is 45.4 Å². The molecule has 0 spiro atoms. The van der Waals surface area contributed by atoms with Crippen molar-refractivity contribution in [1.29, 1.82) is 0 Å². The van der Waals surface area contributed by atoms with E-state index in [-0.39, 0.29) is 0 Å². The molecular formula is C16H21BrO. The van der Waals surface area contributed by atoms with Crippen molar-refractivity contribution in [1.82, 2.24) is 0 Å². The Labute approximate surface area is 118 Å². The van der Waals surface area contributed by atoms with Crippen molar-refractivity contribution in [3.8, 4) is 0 Å². The average Bonchev–Trinajstić information content (AvgIpc) is 2.39. The van der Waals surface area contributed by atoms with Gasteiger partial charge in [0.25, 0.3) is 0 Å². The molecule has 0 N–H and O–H groups in total. The molecule has 0 bridgehead atoms. The van der Waals surface area contributed by atoms with E-state index < -0.39 is 0 Å². The van der Waals surface area contributed by atoms with E-state index >= 15 is 0 Å². The number of carbonyl (C=O) groups excluding carboxylic acids is 1. The van der Waals surface area contributed by atoms with Gasteiger partial charge in [0.1, 0.15) is 5.78 Å². The first-order chi connectivity index (χ1) is 8.69. The number of hydrogen-bond donors (Lipinski definition) is 0. The molecule has 2 heteroatoms. The zero-order chi connectivity index (χ0) is 13.0. The van der Waals surface area contributed by atoms with Crippen LogP contribution in [0.15, 0.2) is 28.7 Å². The van der Waals surface area contributed by atoms with E-state index in [1.807, 2.05) is 18.2 Å². The van der Waals surface area contributed by atoms with Crippen molar-refractivity contribution >= 4 is 21.7 Å². The molecule has 1 saturated carbocycles. The monoisotopic (exact) mass is 308 g/mol.